The molecule has 2 heteroatoms. The van der Waals surface area contributed by atoms with Crippen molar-refractivity contribution in [3.05, 3.63) is 169 Å². The van der Waals surface area contributed by atoms with Crippen LogP contribution in [0.5, 0.6) is 0 Å². The summed E-state index contributed by atoms with van der Waals surface area (Å²) < 4.78 is 7.99. The van der Waals surface area contributed by atoms with E-state index >= 15 is 0 Å². The Balaban J connectivity index is 1.12. The van der Waals surface area contributed by atoms with E-state index in [4.69, 9.17) is 4.42 Å². The highest BCUT2D eigenvalue weighted by Crippen LogP contribution is 2.47. The summed E-state index contributed by atoms with van der Waals surface area (Å²) in [6.07, 6.45) is 0. The van der Waals surface area contributed by atoms with E-state index in [2.05, 4.69) is 169 Å². The molecule has 0 bridgehead atoms. The number of fused-ring (bicyclic) bond motifs is 8. The van der Waals surface area contributed by atoms with Gasteiger partial charge in [0.25, 0.3) is 0 Å². The smallest absolute Gasteiger partial charge is 0.136 e. The Morgan fingerprint density at radius 3 is 1.74 bits per heavy atom. The maximum absolute atomic E-state index is 6.72. The first-order chi connectivity index (χ1) is 24.8. The standard InChI is InChI=1S/C48H28OS/c1-2-12-31-24-32(21-20-29(31)10-1)43-28-50-46-27-41-35-23-22-33(25-44(35)49-45(41)26-42(43)46)47-37-15-5-7-17-39(37)48(40-18-8-6-16-38(40)47)36-19-9-13-30-11-3-4-14-34(30)36/h1-28H. The molecule has 11 aromatic rings. The van der Waals surface area contributed by atoms with Crippen LogP contribution in [0.2, 0.25) is 0 Å². The Labute approximate surface area is 292 Å². The molecule has 11 rings (SSSR count). The van der Waals surface area contributed by atoms with Gasteiger partial charge >= 0.3 is 0 Å². The monoisotopic (exact) mass is 652 g/mol. The molecule has 2 heterocycles. The first-order valence-electron chi connectivity index (χ1n) is 17.1. The molecule has 0 aliphatic heterocycles. The molecule has 0 unspecified atom stereocenters. The van der Waals surface area contributed by atoms with E-state index in [9.17, 15) is 0 Å². The average Bonchev–Trinajstić information content (AvgIpc) is 3.75. The minimum absolute atomic E-state index is 0.911. The normalized spacial score (nSPS) is 12.0. The van der Waals surface area contributed by atoms with Crippen LogP contribution in [0.3, 0.4) is 0 Å². The van der Waals surface area contributed by atoms with Crippen molar-refractivity contribution in [1.29, 1.82) is 0 Å². The maximum atomic E-state index is 6.72. The third-order valence-electron chi connectivity index (χ3n) is 10.5. The van der Waals surface area contributed by atoms with Gasteiger partial charge in [-0.2, -0.15) is 0 Å². The minimum atomic E-state index is 0.911. The quantitative estimate of drug-likeness (QED) is 0.173. The molecule has 232 valence electrons. The molecule has 0 atom stereocenters. The second-order valence-corrected chi connectivity index (χ2v) is 14.1. The molecule has 0 spiro atoms. The fourth-order valence-corrected chi connectivity index (χ4v) is 9.20. The third kappa shape index (κ3) is 4.06. The van der Waals surface area contributed by atoms with Gasteiger partial charge in [-0.25, -0.2) is 0 Å². The fraction of sp³-hybridized carbons (Fsp3) is 0. The van der Waals surface area contributed by atoms with Crippen molar-refractivity contribution in [2.45, 2.75) is 0 Å². The minimum Gasteiger partial charge on any atom is -0.456 e. The van der Waals surface area contributed by atoms with Gasteiger partial charge in [-0.15, -0.1) is 11.3 Å². The van der Waals surface area contributed by atoms with Crippen LogP contribution < -0.4 is 0 Å². The molecule has 1 nitrogen and oxygen atoms in total. The van der Waals surface area contributed by atoms with E-state index in [0.29, 0.717) is 0 Å². The summed E-state index contributed by atoms with van der Waals surface area (Å²) in [5, 5.41) is 15.8. The lowest BCUT2D eigenvalue weighted by atomic mass is 9.84. The van der Waals surface area contributed by atoms with Crippen molar-refractivity contribution in [3.8, 4) is 33.4 Å². The zero-order chi connectivity index (χ0) is 32.8. The van der Waals surface area contributed by atoms with Gasteiger partial charge in [0, 0.05) is 26.4 Å². The van der Waals surface area contributed by atoms with Gasteiger partial charge < -0.3 is 4.42 Å². The summed E-state index contributed by atoms with van der Waals surface area (Å²) in [6, 6.07) is 59.8. The Morgan fingerprint density at radius 1 is 0.340 bits per heavy atom. The highest BCUT2D eigenvalue weighted by Gasteiger charge is 2.19. The number of thiophene rings is 1. The zero-order valence-corrected chi connectivity index (χ0v) is 27.8. The van der Waals surface area contributed by atoms with Crippen molar-refractivity contribution in [2.24, 2.45) is 0 Å². The van der Waals surface area contributed by atoms with Crippen molar-refractivity contribution in [3.63, 3.8) is 0 Å². The lowest BCUT2D eigenvalue weighted by Gasteiger charge is -2.18. The van der Waals surface area contributed by atoms with Crippen LogP contribution >= 0.6 is 11.3 Å². The second kappa shape index (κ2) is 10.6. The first-order valence-corrected chi connectivity index (χ1v) is 18.0. The van der Waals surface area contributed by atoms with Crippen molar-refractivity contribution >= 4 is 86.5 Å². The third-order valence-corrected chi connectivity index (χ3v) is 11.5. The lowest BCUT2D eigenvalue weighted by molar-refractivity contribution is 0.669. The summed E-state index contributed by atoms with van der Waals surface area (Å²) in [7, 11) is 0. The van der Waals surface area contributed by atoms with Crippen LogP contribution in [0.4, 0.5) is 0 Å². The average molecular weight is 653 g/mol. The van der Waals surface area contributed by atoms with E-state index in [-0.39, 0.29) is 0 Å². The van der Waals surface area contributed by atoms with E-state index in [0.717, 1.165) is 27.5 Å². The van der Waals surface area contributed by atoms with Gasteiger partial charge in [-0.3, -0.25) is 0 Å². The molecule has 0 radical (unpaired) electrons. The fourth-order valence-electron chi connectivity index (χ4n) is 8.21. The van der Waals surface area contributed by atoms with Gasteiger partial charge in [0.15, 0.2) is 0 Å². The van der Waals surface area contributed by atoms with Gasteiger partial charge in [0.05, 0.1) is 0 Å². The number of rotatable bonds is 3. The van der Waals surface area contributed by atoms with Gasteiger partial charge in [-0.1, -0.05) is 133 Å². The summed E-state index contributed by atoms with van der Waals surface area (Å²) in [5.74, 6) is 0. The van der Waals surface area contributed by atoms with Crippen molar-refractivity contribution in [2.75, 3.05) is 0 Å². The van der Waals surface area contributed by atoms with Crippen molar-refractivity contribution < 1.29 is 4.42 Å². The van der Waals surface area contributed by atoms with E-state index < -0.39 is 0 Å². The summed E-state index contributed by atoms with van der Waals surface area (Å²) in [4.78, 5) is 0. The predicted molar refractivity (Wildman–Crippen MR) is 215 cm³/mol. The Kier molecular flexibility index (Phi) is 5.89. The summed E-state index contributed by atoms with van der Waals surface area (Å²) in [6.45, 7) is 0. The zero-order valence-electron chi connectivity index (χ0n) is 27.0. The Hall–Kier alpha value is -6.22. The summed E-state index contributed by atoms with van der Waals surface area (Å²) in [5.41, 5.74) is 9.26. The van der Waals surface area contributed by atoms with Gasteiger partial charge in [0.1, 0.15) is 11.2 Å². The second-order valence-electron chi connectivity index (χ2n) is 13.2. The SMILES string of the molecule is c1ccc2cc(-c3csc4cc5c(cc34)oc3cc(-c4c6ccccc6c(-c6cccc7ccccc67)c6ccccc46)ccc35)ccc2c1. The van der Waals surface area contributed by atoms with Crippen LogP contribution in [0, 0.1) is 0 Å². The number of benzene rings is 9. The number of hydrogen-bond donors (Lipinski definition) is 0. The molecule has 0 aliphatic rings. The van der Waals surface area contributed by atoms with Crippen LogP contribution in [0.15, 0.2) is 174 Å². The van der Waals surface area contributed by atoms with E-state index in [1.165, 1.54) is 81.0 Å². The van der Waals surface area contributed by atoms with Crippen LogP contribution in [0.25, 0.3) is 108 Å². The molecular weight excluding hydrogens is 625 g/mol. The van der Waals surface area contributed by atoms with Crippen molar-refractivity contribution in [1.82, 2.24) is 0 Å². The molecule has 0 N–H and O–H groups in total. The molecule has 0 aliphatic carbocycles. The highest BCUT2D eigenvalue weighted by atomic mass is 32.1. The molecule has 0 fully saturated rings. The van der Waals surface area contributed by atoms with Crippen LogP contribution in [-0.2, 0) is 0 Å². The van der Waals surface area contributed by atoms with Gasteiger partial charge in [-0.05, 0) is 107 Å². The Bertz CT molecular complexity index is 3100. The molecule has 0 saturated heterocycles. The molecule has 9 aromatic carbocycles. The maximum Gasteiger partial charge on any atom is 0.136 e. The number of hydrogen-bond acceptors (Lipinski definition) is 2. The van der Waals surface area contributed by atoms with E-state index in [1.54, 1.807) is 11.3 Å². The summed E-state index contributed by atoms with van der Waals surface area (Å²) >= 11 is 1.80. The highest BCUT2D eigenvalue weighted by molar-refractivity contribution is 7.17. The lowest BCUT2D eigenvalue weighted by Crippen LogP contribution is -1.91. The topological polar surface area (TPSA) is 13.1 Å². The van der Waals surface area contributed by atoms with Crippen LogP contribution in [0.1, 0.15) is 0 Å². The van der Waals surface area contributed by atoms with Crippen LogP contribution in [-0.4, -0.2) is 0 Å². The Morgan fingerprint density at radius 2 is 0.960 bits per heavy atom. The molecule has 2 aromatic heterocycles. The van der Waals surface area contributed by atoms with E-state index in [1.807, 2.05) is 0 Å². The molecule has 50 heavy (non-hydrogen) atoms. The predicted octanol–water partition coefficient (Wildman–Crippen LogP) is 14.4. The van der Waals surface area contributed by atoms with Gasteiger partial charge in [0.2, 0.25) is 0 Å². The first kappa shape index (κ1) is 27.7. The largest absolute Gasteiger partial charge is 0.456 e. The molecular formula is C48H28OS. The molecule has 0 amide bonds. The number of furan rings is 1. The molecule has 0 saturated carbocycles.